The highest BCUT2D eigenvalue weighted by molar-refractivity contribution is 6.23. The van der Waals surface area contributed by atoms with Gasteiger partial charge in [-0.25, -0.2) is 9.18 Å². The number of rotatable bonds is 1. The largest absolute Gasteiger partial charge is 0.340 e. The van der Waals surface area contributed by atoms with E-state index in [1.165, 1.54) is 12.1 Å². The molecule has 27 heavy (non-hydrogen) atoms. The molecule has 0 radical (unpaired) electrons. The minimum Gasteiger partial charge on any atom is -0.340 e. The first-order valence-electron chi connectivity index (χ1n) is 8.32. The van der Waals surface area contributed by atoms with E-state index in [4.69, 9.17) is 0 Å². The van der Waals surface area contributed by atoms with E-state index >= 15 is 0 Å². The molecule has 0 fully saturated rings. The number of ketones is 1. The minimum absolute atomic E-state index is 0.196. The van der Waals surface area contributed by atoms with Gasteiger partial charge in [-0.15, -0.1) is 0 Å². The molecule has 132 valence electrons. The van der Waals surface area contributed by atoms with Gasteiger partial charge in [0.05, 0.1) is 11.3 Å². The quantitative estimate of drug-likeness (QED) is 0.620. The molecule has 1 aromatic heterocycles. The van der Waals surface area contributed by atoms with Crippen LogP contribution in [-0.2, 0) is 0 Å². The molecule has 6 nitrogen and oxygen atoms in total. The van der Waals surface area contributed by atoms with Crippen molar-refractivity contribution in [2.24, 2.45) is 0 Å². The van der Waals surface area contributed by atoms with Crippen molar-refractivity contribution in [3.8, 4) is 0 Å². The van der Waals surface area contributed by atoms with Crippen LogP contribution in [0.5, 0.6) is 0 Å². The molecule has 5 rings (SSSR count). The number of benzene rings is 2. The van der Waals surface area contributed by atoms with Crippen LogP contribution in [-0.4, -0.2) is 15.8 Å². The van der Waals surface area contributed by atoms with Crippen molar-refractivity contribution in [2.75, 3.05) is 5.32 Å². The Morgan fingerprint density at radius 3 is 2.30 bits per heavy atom. The molecule has 2 aromatic carbocycles. The van der Waals surface area contributed by atoms with Gasteiger partial charge in [0.1, 0.15) is 11.6 Å². The summed E-state index contributed by atoms with van der Waals surface area (Å²) in [5.41, 5.74) is 1.76. The summed E-state index contributed by atoms with van der Waals surface area (Å²) in [5, 5.41) is 3.05. The van der Waals surface area contributed by atoms with Gasteiger partial charge in [0, 0.05) is 22.6 Å². The average molecular weight is 361 g/mol. The van der Waals surface area contributed by atoms with Crippen LogP contribution in [0.2, 0.25) is 0 Å². The van der Waals surface area contributed by atoms with Crippen LogP contribution >= 0.6 is 0 Å². The number of fused-ring (bicyclic) bond motifs is 3. The molecule has 2 heterocycles. The lowest BCUT2D eigenvalue weighted by Crippen LogP contribution is -2.33. The molecular weight excluding hydrogens is 349 g/mol. The summed E-state index contributed by atoms with van der Waals surface area (Å²) >= 11 is 0. The second-order valence-corrected chi connectivity index (χ2v) is 6.47. The zero-order valence-corrected chi connectivity index (χ0v) is 13.8. The summed E-state index contributed by atoms with van der Waals surface area (Å²) in [4.78, 5) is 42.3. The highest BCUT2D eigenvalue weighted by atomic mass is 19.1. The smallest absolute Gasteiger partial charge is 0.327 e. The SMILES string of the molecule is O=C1C2=C(Nc3[nH]c(=O)[nH]c(=O)c3C2c2ccc(F)cc2)c2ccccc21. The predicted octanol–water partition coefficient (Wildman–Crippen LogP) is 2.37. The van der Waals surface area contributed by atoms with Crippen LogP contribution in [0.4, 0.5) is 10.2 Å². The number of allylic oxidation sites excluding steroid dienone is 1. The van der Waals surface area contributed by atoms with E-state index in [2.05, 4.69) is 15.3 Å². The van der Waals surface area contributed by atoms with Crippen LogP contribution in [0, 0.1) is 5.82 Å². The lowest BCUT2D eigenvalue weighted by atomic mass is 9.82. The molecule has 0 spiro atoms. The van der Waals surface area contributed by atoms with Crippen LogP contribution in [0.1, 0.15) is 33.0 Å². The predicted molar refractivity (Wildman–Crippen MR) is 97.2 cm³/mol. The van der Waals surface area contributed by atoms with Gasteiger partial charge in [-0.3, -0.25) is 19.6 Å². The molecule has 0 saturated heterocycles. The third-order valence-corrected chi connectivity index (χ3v) is 4.97. The number of halogens is 1. The van der Waals surface area contributed by atoms with Crippen molar-refractivity contribution in [1.29, 1.82) is 0 Å². The topological polar surface area (TPSA) is 94.8 Å². The Kier molecular flexibility index (Phi) is 3.09. The van der Waals surface area contributed by atoms with Crippen molar-refractivity contribution in [3.05, 3.63) is 103 Å². The van der Waals surface area contributed by atoms with E-state index in [0.717, 1.165) is 0 Å². The number of aromatic amines is 2. The van der Waals surface area contributed by atoms with Gasteiger partial charge in [-0.1, -0.05) is 36.4 Å². The lowest BCUT2D eigenvalue weighted by Gasteiger charge is -2.27. The molecule has 0 amide bonds. The van der Waals surface area contributed by atoms with Crippen molar-refractivity contribution < 1.29 is 9.18 Å². The second-order valence-electron chi connectivity index (χ2n) is 6.47. The number of H-pyrrole nitrogens is 2. The van der Waals surface area contributed by atoms with E-state index in [1.807, 2.05) is 6.07 Å². The zero-order chi connectivity index (χ0) is 18.7. The maximum absolute atomic E-state index is 13.4. The molecule has 0 bridgehead atoms. The Morgan fingerprint density at radius 2 is 1.56 bits per heavy atom. The second kappa shape index (κ2) is 5.38. The van der Waals surface area contributed by atoms with E-state index in [0.29, 0.717) is 28.0 Å². The van der Waals surface area contributed by atoms with Crippen LogP contribution in [0.25, 0.3) is 5.70 Å². The average Bonchev–Trinajstić information content (AvgIpc) is 2.93. The molecule has 2 aliphatic rings. The highest BCUT2D eigenvalue weighted by Crippen LogP contribution is 2.47. The molecule has 1 aliphatic heterocycles. The number of carbonyl (C=O) groups excluding carboxylic acids is 1. The molecule has 1 aliphatic carbocycles. The summed E-state index contributed by atoms with van der Waals surface area (Å²) in [6.07, 6.45) is 0. The Balaban J connectivity index is 1.84. The fourth-order valence-corrected chi connectivity index (χ4v) is 3.84. The summed E-state index contributed by atoms with van der Waals surface area (Å²) in [7, 11) is 0. The van der Waals surface area contributed by atoms with E-state index < -0.39 is 23.0 Å². The fraction of sp³-hybridized carbons (Fsp3) is 0.0500. The van der Waals surface area contributed by atoms with Gasteiger partial charge in [0.25, 0.3) is 5.56 Å². The summed E-state index contributed by atoms with van der Waals surface area (Å²) < 4.78 is 13.4. The van der Waals surface area contributed by atoms with Crippen molar-refractivity contribution in [1.82, 2.24) is 9.97 Å². The maximum Gasteiger partial charge on any atom is 0.327 e. The Morgan fingerprint density at radius 1 is 0.852 bits per heavy atom. The Hall–Kier alpha value is -3.74. The first-order chi connectivity index (χ1) is 13.0. The Labute approximate surface area is 151 Å². The molecule has 7 heteroatoms. The van der Waals surface area contributed by atoms with Gasteiger partial charge < -0.3 is 5.32 Å². The van der Waals surface area contributed by atoms with Gasteiger partial charge in [0.2, 0.25) is 0 Å². The number of hydrogen-bond acceptors (Lipinski definition) is 4. The number of carbonyl (C=O) groups is 1. The summed E-state index contributed by atoms with van der Waals surface area (Å²) in [5.74, 6) is -1.10. The molecule has 3 N–H and O–H groups in total. The van der Waals surface area contributed by atoms with Crippen LogP contribution < -0.4 is 16.6 Å². The molecular formula is C20H12FN3O3. The van der Waals surface area contributed by atoms with Crippen LogP contribution in [0.3, 0.4) is 0 Å². The molecule has 1 atom stereocenters. The van der Waals surface area contributed by atoms with Crippen molar-refractivity contribution >= 4 is 17.3 Å². The van der Waals surface area contributed by atoms with Gasteiger partial charge in [-0.2, -0.15) is 0 Å². The number of nitrogens with one attached hydrogen (secondary N) is 3. The summed E-state index contributed by atoms with van der Waals surface area (Å²) in [6, 6.07) is 12.8. The molecule has 3 aromatic rings. The third kappa shape index (κ3) is 2.15. The minimum atomic E-state index is -0.725. The van der Waals surface area contributed by atoms with E-state index in [1.54, 1.807) is 30.3 Å². The highest BCUT2D eigenvalue weighted by Gasteiger charge is 2.41. The third-order valence-electron chi connectivity index (χ3n) is 4.97. The monoisotopic (exact) mass is 361 g/mol. The zero-order valence-electron chi connectivity index (χ0n) is 13.8. The number of Topliss-reactive ketones (excluding diaryl/α,β-unsaturated/α-hetero) is 1. The number of aromatic nitrogens is 2. The lowest BCUT2D eigenvalue weighted by molar-refractivity contribution is 0.103. The van der Waals surface area contributed by atoms with Gasteiger partial charge in [-0.05, 0) is 17.7 Å². The van der Waals surface area contributed by atoms with E-state index in [-0.39, 0.29) is 17.2 Å². The number of anilines is 1. The maximum atomic E-state index is 13.4. The summed E-state index contributed by atoms with van der Waals surface area (Å²) in [6.45, 7) is 0. The van der Waals surface area contributed by atoms with E-state index in [9.17, 15) is 18.8 Å². The normalized spacial score (nSPS) is 17.2. The molecule has 0 saturated carbocycles. The molecule has 1 unspecified atom stereocenters. The number of hydrogen-bond donors (Lipinski definition) is 3. The standard InChI is InChI=1S/C20H12FN3O3/c21-10-7-5-9(6-8-10)13-14-16(11-3-1-2-4-12(11)17(14)25)22-18-15(13)19(26)24-20(27)23-18/h1-8,13H,(H3,22,23,24,26,27). The van der Waals surface area contributed by atoms with Gasteiger partial charge in [0.15, 0.2) is 5.78 Å². The van der Waals surface area contributed by atoms with Crippen LogP contribution in [0.15, 0.2) is 63.7 Å². The first kappa shape index (κ1) is 15.5. The fourth-order valence-electron chi connectivity index (χ4n) is 3.84. The van der Waals surface area contributed by atoms with Gasteiger partial charge >= 0.3 is 5.69 Å². The van der Waals surface area contributed by atoms with Crippen molar-refractivity contribution in [3.63, 3.8) is 0 Å². The van der Waals surface area contributed by atoms with Crippen molar-refractivity contribution in [2.45, 2.75) is 5.92 Å². The Bertz CT molecular complexity index is 1270. The first-order valence-corrected chi connectivity index (χ1v) is 8.32.